The highest BCUT2D eigenvalue weighted by molar-refractivity contribution is 7.47. The molecule has 5 atom stereocenters. The van der Waals surface area contributed by atoms with Crippen molar-refractivity contribution in [1.82, 2.24) is 0 Å². The summed E-state index contributed by atoms with van der Waals surface area (Å²) in [5.74, 6) is -2.15. The summed E-state index contributed by atoms with van der Waals surface area (Å²) in [7, 11) is -9.86. The van der Waals surface area contributed by atoms with Crippen LogP contribution in [0.1, 0.15) is 291 Å². The van der Waals surface area contributed by atoms with Crippen LogP contribution in [0, 0.1) is 0 Å². The zero-order chi connectivity index (χ0) is 56.9. The van der Waals surface area contributed by atoms with E-state index in [0.717, 1.165) is 103 Å². The number of hydrogen-bond donors (Lipinski definition) is 3. The van der Waals surface area contributed by atoms with Crippen molar-refractivity contribution in [1.29, 1.82) is 0 Å². The molecule has 0 fully saturated rings. The van der Waals surface area contributed by atoms with Crippen molar-refractivity contribution in [2.45, 2.75) is 309 Å². The molecule has 0 aliphatic rings. The van der Waals surface area contributed by atoms with Gasteiger partial charge in [0.1, 0.15) is 19.3 Å². The molecule has 2 unspecified atom stereocenters. The standard InChI is InChI=1S/C58H112O17P2/c1-5-9-13-17-20-23-25-26-27-28-30-33-37-41-45-58(63)75-54(49-69-56(61)43-39-35-32-29-24-21-18-14-10-6-2)51-73-77(66,67)71-47-52(59)46-70-76(64,65)72-50-53(48-68-55(60)42-38-34-16-12-8-4)74-57(62)44-40-36-31-22-19-15-11-7-3/h52-54,59H,5-51H2,1-4H3,(H,64,65)(H,66,67)/t52-,53+,54+/m0/s1. The number of phosphoric acid groups is 2. The third-order valence-electron chi connectivity index (χ3n) is 13.4. The molecule has 17 nitrogen and oxygen atoms in total. The van der Waals surface area contributed by atoms with Gasteiger partial charge in [0, 0.05) is 25.7 Å². The molecule has 0 aliphatic carbocycles. The fourth-order valence-corrected chi connectivity index (χ4v) is 10.2. The third kappa shape index (κ3) is 53.2. The van der Waals surface area contributed by atoms with Crippen LogP contribution in [-0.4, -0.2) is 96.7 Å². The molecule has 0 spiro atoms. The van der Waals surface area contributed by atoms with Gasteiger partial charge >= 0.3 is 39.5 Å². The largest absolute Gasteiger partial charge is 0.472 e. The van der Waals surface area contributed by atoms with Crippen LogP contribution >= 0.6 is 15.6 Å². The van der Waals surface area contributed by atoms with Crippen molar-refractivity contribution in [2.24, 2.45) is 0 Å². The molecule has 456 valence electrons. The first-order valence-electron chi connectivity index (χ1n) is 30.8. The van der Waals surface area contributed by atoms with E-state index in [9.17, 15) is 43.2 Å². The van der Waals surface area contributed by atoms with Gasteiger partial charge in [-0.15, -0.1) is 0 Å². The van der Waals surface area contributed by atoms with Gasteiger partial charge in [-0.1, -0.05) is 240 Å². The molecule has 0 saturated heterocycles. The molecule has 0 aromatic carbocycles. The number of ether oxygens (including phenoxy) is 4. The minimum Gasteiger partial charge on any atom is -0.462 e. The van der Waals surface area contributed by atoms with Crippen LogP contribution in [-0.2, 0) is 65.4 Å². The van der Waals surface area contributed by atoms with Gasteiger partial charge in [-0.25, -0.2) is 9.13 Å². The first-order chi connectivity index (χ1) is 37.2. The molecule has 0 bridgehead atoms. The van der Waals surface area contributed by atoms with Crippen LogP contribution in [0.5, 0.6) is 0 Å². The van der Waals surface area contributed by atoms with E-state index in [0.29, 0.717) is 25.7 Å². The number of hydrogen-bond acceptors (Lipinski definition) is 15. The number of rotatable bonds is 59. The molecule has 19 heteroatoms. The molecule has 0 saturated carbocycles. The maximum Gasteiger partial charge on any atom is 0.472 e. The first-order valence-corrected chi connectivity index (χ1v) is 33.8. The van der Waals surface area contributed by atoms with Crippen LogP contribution in [0.3, 0.4) is 0 Å². The number of aliphatic hydroxyl groups is 1. The van der Waals surface area contributed by atoms with Gasteiger partial charge in [0.2, 0.25) is 0 Å². The maximum atomic E-state index is 12.9. The smallest absolute Gasteiger partial charge is 0.462 e. The second-order valence-corrected chi connectivity index (χ2v) is 23.9. The summed E-state index contributed by atoms with van der Waals surface area (Å²) in [6, 6.07) is 0. The molecular weight excluding hydrogens is 1030 g/mol. The average molecular weight is 1140 g/mol. The normalized spacial score (nSPS) is 14.3. The average Bonchev–Trinajstić information content (AvgIpc) is 3.40. The van der Waals surface area contributed by atoms with Gasteiger partial charge < -0.3 is 33.8 Å². The number of carbonyl (C=O) groups is 4. The molecule has 0 aromatic rings. The molecule has 0 aromatic heterocycles. The second kappa shape index (κ2) is 53.4. The van der Waals surface area contributed by atoms with Gasteiger partial charge in [-0.3, -0.25) is 37.3 Å². The van der Waals surface area contributed by atoms with E-state index in [1.54, 1.807) is 0 Å². The van der Waals surface area contributed by atoms with Crippen LogP contribution in [0.4, 0.5) is 0 Å². The number of unbranched alkanes of at least 4 members (excludes halogenated alkanes) is 33. The number of aliphatic hydroxyl groups excluding tert-OH is 1. The number of carbonyl (C=O) groups excluding carboxylic acids is 4. The van der Waals surface area contributed by atoms with E-state index >= 15 is 0 Å². The monoisotopic (exact) mass is 1140 g/mol. The summed E-state index contributed by atoms with van der Waals surface area (Å²) in [4.78, 5) is 71.6. The molecule has 0 rings (SSSR count). The number of esters is 4. The molecule has 0 radical (unpaired) electrons. The number of phosphoric ester groups is 2. The van der Waals surface area contributed by atoms with Crippen LogP contribution in [0.2, 0.25) is 0 Å². The van der Waals surface area contributed by atoms with E-state index in [1.807, 2.05) is 0 Å². The van der Waals surface area contributed by atoms with Gasteiger partial charge in [0.15, 0.2) is 12.2 Å². The van der Waals surface area contributed by atoms with Crippen molar-refractivity contribution < 1.29 is 80.2 Å². The summed E-state index contributed by atoms with van der Waals surface area (Å²) in [5.41, 5.74) is 0. The fourth-order valence-electron chi connectivity index (χ4n) is 8.57. The van der Waals surface area contributed by atoms with Gasteiger partial charge in [0.25, 0.3) is 0 Å². The topological polar surface area (TPSA) is 237 Å². The van der Waals surface area contributed by atoms with Crippen molar-refractivity contribution in [3.05, 3.63) is 0 Å². The highest BCUT2D eigenvalue weighted by Crippen LogP contribution is 2.45. The molecule has 3 N–H and O–H groups in total. The highest BCUT2D eigenvalue weighted by Gasteiger charge is 2.30. The lowest BCUT2D eigenvalue weighted by atomic mass is 10.0. The Balaban J connectivity index is 5.16. The van der Waals surface area contributed by atoms with Crippen molar-refractivity contribution >= 4 is 39.5 Å². The Morgan fingerprint density at radius 1 is 0.312 bits per heavy atom. The first kappa shape index (κ1) is 75.1. The second-order valence-electron chi connectivity index (χ2n) is 21.0. The Labute approximate surface area is 467 Å². The third-order valence-corrected chi connectivity index (χ3v) is 15.3. The van der Waals surface area contributed by atoms with E-state index < -0.39 is 97.5 Å². The van der Waals surface area contributed by atoms with Crippen LogP contribution in [0.25, 0.3) is 0 Å². The van der Waals surface area contributed by atoms with Crippen molar-refractivity contribution in [3.8, 4) is 0 Å². The zero-order valence-electron chi connectivity index (χ0n) is 48.9. The van der Waals surface area contributed by atoms with Gasteiger partial charge in [-0.05, 0) is 25.7 Å². The summed E-state index contributed by atoms with van der Waals surface area (Å²) in [6.45, 7) is 4.73. The van der Waals surface area contributed by atoms with Crippen LogP contribution in [0.15, 0.2) is 0 Å². The Morgan fingerprint density at radius 3 is 0.766 bits per heavy atom. The molecular formula is C58H112O17P2. The Hall–Kier alpha value is -1.94. The minimum atomic E-state index is -4.93. The lowest BCUT2D eigenvalue weighted by Gasteiger charge is -2.21. The van der Waals surface area contributed by atoms with Crippen molar-refractivity contribution in [3.63, 3.8) is 0 Å². The van der Waals surface area contributed by atoms with E-state index in [2.05, 4.69) is 27.7 Å². The van der Waals surface area contributed by atoms with E-state index in [4.69, 9.17) is 37.0 Å². The van der Waals surface area contributed by atoms with Crippen molar-refractivity contribution in [2.75, 3.05) is 39.6 Å². The summed E-state index contributed by atoms with van der Waals surface area (Å²) in [5, 5.41) is 10.5. The zero-order valence-corrected chi connectivity index (χ0v) is 50.7. The Bertz CT molecular complexity index is 1500. The van der Waals surface area contributed by atoms with E-state index in [-0.39, 0.29) is 25.7 Å². The predicted molar refractivity (Wildman–Crippen MR) is 303 cm³/mol. The van der Waals surface area contributed by atoms with Gasteiger partial charge in [-0.2, -0.15) is 0 Å². The van der Waals surface area contributed by atoms with Crippen LogP contribution < -0.4 is 0 Å². The Kier molecular flexibility index (Phi) is 52.0. The SMILES string of the molecule is CCCCCCCCCCCCCCCCC(=O)O[C@H](COC(=O)CCCCCCCCCCCC)COP(=O)(O)OC[C@@H](O)COP(=O)(O)OC[C@@H](COC(=O)CCCCCCC)OC(=O)CCCCCCCCCC. The lowest BCUT2D eigenvalue weighted by molar-refractivity contribution is -0.161. The summed E-state index contributed by atoms with van der Waals surface area (Å²) < 4.78 is 67.5. The molecule has 0 amide bonds. The van der Waals surface area contributed by atoms with Gasteiger partial charge in [0.05, 0.1) is 26.4 Å². The predicted octanol–water partition coefficient (Wildman–Crippen LogP) is 15.6. The minimum absolute atomic E-state index is 0.104. The quantitative estimate of drug-likeness (QED) is 0.0222. The molecule has 0 heterocycles. The maximum absolute atomic E-state index is 12.9. The Morgan fingerprint density at radius 2 is 0.519 bits per heavy atom. The highest BCUT2D eigenvalue weighted by atomic mass is 31.2. The van der Waals surface area contributed by atoms with E-state index in [1.165, 1.54) is 109 Å². The fraction of sp³-hybridized carbons (Fsp3) is 0.931. The molecule has 0 aliphatic heterocycles. The summed E-state index contributed by atoms with van der Waals surface area (Å²) >= 11 is 0. The molecule has 77 heavy (non-hydrogen) atoms. The summed E-state index contributed by atoms with van der Waals surface area (Å²) in [6.07, 6.45) is 36.5. The lowest BCUT2D eigenvalue weighted by Crippen LogP contribution is -2.30.